The second-order valence-corrected chi connectivity index (χ2v) is 11.8. The molecule has 0 saturated carbocycles. The Hall–Kier alpha value is -5.10. The number of aromatic hydroxyl groups is 1. The molecule has 1 fully saturated rings. The minimum atomic E-state index is -1.37. The molecular formula is C26H23N9O7S2. The number of tetrazole rings is 1. The van der Waals surface area contributed by atoms with Gasteiger partial charge in [0.1, 0.15) is 28.9 Å². The normalized spacial score (nSPS) is 18.5. The molecule has 44 heavy (non-hydrogen) atoms. The maximum atomic E-state index is 13.6. The summed E-state index contributed by atoms with van der Waals surface area (Å²) in [5.74, 6) is -2.24. The van der Waals surface area contributed by atoms with Gasteiger partial charge in [0.15, 0.2) is 0 Å². The number of imidazole rings is 1. The number of phenolic OH excluding ortho intramolecular Hbond substituents is 1. The molecule has 18 heteroatoms. The van der Waals surface area contributed by atoms with E-state index >= 15 is 0 Å². The van der Waals surface area contributed by atoms with Crippen LogP contribution in [-0.2, 0) is 21.4 Å². The van der Waals surface area contributed by atoms with Crippen molar-refractivity contribution in [3.05, 3.63) is 75.8 Å². The maximum absolute atomic E-state index is 13.6. The topological polar surface area (TPSA) is 217 Å². The summed E-state index contributed by atoms with van der Waals surface area (Å²) in [5.41, 5.74) is 0.610. The molecule has 4 aromatic rings. The Labute approximate surface area is 255 Å². The third kappa shape index (κ3) is 5.17. The molecule has 3 atom stereocenters. The van der Waals surface area contributed by atoms with Crippen LogP contribution in [0.4, 0.5) is 4.79 Å². The van der Waals surface area contributed by atoms with Crippen molar-refractivity contribution in [3.8, 4) is 5.75 Å². The first-order chi connectivity index (χ1) is 21.1. The van der Waals surface area contributed by atoms with E-state index in [1.54, 1.807) is 31.3 Å². The number of amides is 3. The van der Waals surface area contributed by atoms with E-state index in [-0.39, 0.29) is 28.5 Å². The highest BCUT2D eigenvalue weighted by atomic mass is 32.2. The average Bonchev–Trinajstić information content (AvgIpc) is 3.58. The number of aliphatic carboxylic acids is 1. The Morgan fingerprint density at radius 3 is 2.61 bits per heavy atom. The minimum Gasteiger partial charge on any atom is -0.508 e. The number of benzene rings is 2. The maximum Gasteiger partial charge on any atom is 0.352 e. The molecule has 5 N–H and O–H groups in total. The number of para-hydroxylation sites is 2. The summed E-state index contributed by atoms with van der Waals surface area (Å²) in [7, 11) is 1.65. The van der Waals surface area contributed by atoms with Gasteiger partial charge in [-0.15, -0.1) is 16.9 Å². The van der Waals surface area contributed by atoms with Crippen LogP contribution in [0, 0.1) is 0 Å². The van der Waals surface area contributed by atoms with Gasteiger partial charge in [0, 0.05) is 18.6 Å². The number of hydrogen-bond acceptors (Lipinski definition) is 11. The van der Waals surface area contributed by atoms with E-state index in [9.17, 15) is 34.2 Å². The van der Waals surface area contributed by atoms with Crippen molar-refractivity contribution in [2.24, 2.45) is 7.05 Å². The van der Waals surface area contributed by atoms with E-state index in [0.29, 0.717) is 21.8 Å². The van der Waals surface area contributed by atoms with Gasteiger partial charge in [-0.2, -0.15) is 0 Å². The van der Waals surface area contributed by atoms with Crippen molar-refractivity contribution < 1.29 is 29.4 Å². The van der Waals surface area contributed by atoms with Crippen molar-refractivity contribution in [2.75, 3.05) is 11.5 Å². The standard InChI is InChI=1S/C26H23N9O7S2/c1-33-26(30-31-32-33)44-11-13-10-43-22-18(21(38)35(22)19(13)23(39)40)28-20(37)17(12-6-8-14(36)9-7-12)29-25(42)34-16-5-3-2-4-15(16)27-24(34)41/h2-9,17-18,22,36H,10-11H2,1H3,(H,27,41)(H,28,37)(H,29,42)(H,39,40)/t17?,18?,22-/m1/s1. The number of carboxylic acid groups (broad SMARTS) is 1. The van der Waals surface area contributed by atoms with E-state index in [4.69, 9.17) is 0 Å². The van der Waals surface area contributed by atoms with E-state index < -0.39 is 47.0 Å². The monoisotopic (exact) mass is 637 g/mol. The van der Waals surface area contributed by atoms with Crippen LogP contribution >= 0.6 is 23.5 Å². The quantitative estimate of drug-likeness (QED) is 0.131. The lowest BCUT2D eigenvalue weighted by molar-refractivity contribution is -0.151. The molecule has 3 amide bonds. The Morgan fingerprint density at radius 2 is 1.91 bits per heavy atom. The SMILES string of the molecule is Cn1nnnc1SCC1=C(C(=O)O)N2C(=O)C(NC(=O)C(NC(=O)n3c(=O)[nH]c4ccccc43)c3ccc(O)cc3)[C@H]2SC1. The van der Waals surface area contributed by atoms with Gasteiger partial charge in [-0.25, -0.2) is 23.6 Å². The van der Waals surface area contributed by atoms with Gasteiger partial charge in [0.25, 0.3) is 5.91 Å². The lowest BCUT2D eigenvalue weighted by Gasteiger charge is -2.49. The van der Waals surface area contributed by atoms with E-state index in [2.05, 4.69) is 31.1 Å². The van der Waals surface area contributed by atoms with Crippen LogP contribution in [0.15, 0.2) is 69.8 Å². The van der Waals surface area contributed by atoms with E-state index in [1.165, 1.54) is 52.5 Å². The molecule has 0 bridgehead atoms. The second-order valence-electron chi connectivity index (χ2n) is 9.78. The highest BCUT2D eigenvalue weighted by Gasteiger charge is 2.54. The Bertz CT molecular complexity index is 1900. The number of carbonyl (C=O) groups is 4. The van der Waals surface area contributed by atoms with Gasteiger partial charge in [0.2, 0.25) is 11.1 Å². The molecule has 16 nitrogen and oxygen atoms in total. The Kier molecular flexibility index (Phi) is 7.60. The fourth-order valence-electron chi connectivity index (χ4n) is 4.94. The number of aryl methyl sites for hydroxylation is 1. The van der Waals surface area contributed by atoms with Gasteiger partial charge >= 0.3 is 17.7 Å². The minimum absolute atomic E-state index is 0.0760. The molecule has 2 aromatic heterocycles. The van der Waals surface area contributed by atoms with Crippen molar-refractivity contribution in [1.82, 2.24) is 45.3 Å². The number of nitrogens with zero attached hydrogens (tertiary/aromatic N) is 6. The van der Waals surface area contributed by atoms with Gasteiger partial charge in [-0.1, -0.05) is 36.0 Å². The fraction of sp³-hybridized carbons (Fsp3) is 0.231. The van der Waals surface area contributed by atoms with Crippen LogP contribution in [0.1, 0.15) is 11.6 Å². The first-order valence-corrected chi connectivity index (χ1v) is 15.0. The molecule has 2 unspecified atom stereocenters. The first kappa shape index (κ1) is 29.0. The molecule has 2 aliphatic heterocycles. The number of carboxylic acids is 1. The molecular weight excluding hydrogens is 614 g/mol. The van der Waals surface area contributed by atoms with Crippen LogP contribution in [0.2, 0.25) is 0 Å². The largest absolute Gasteiger partial charge is 0.508 e. The van der Waals surface area contributed by atoms with E-state index in [1.807, 2.05) is 0 Å². The number of rotatable bonds is 8. The van der Waals surface area contributed by atoms with E-state index in [0.717, 1.165) is 9.47 Å². The fourth-order valence-corrected chi connectivity index (χ4v) is 7.27. The van der Waals surface area contributed by atoms with Crippen LogP contribution in [-0.4, -0.2) is 91.6 Å². The highest BCUT2D eigenvalue weighted by Crippen LogP contribution is 2.41. The molecule has 0 spiro atoms. The summed E-state index contributed by atoms with van der Waals surface area (Å²) in [6.45, 7) is 0. The molecule has 2 aromatic carbocycles. The van der Waals surface area contributed by atoms with Gasteiger partial charge < -0.3 is 25.8 Å². The number of hydrogen-bond donors (Lipinski definition) is 5. The number of phenols is 1. The van der Waals surface area contributed by atoms with Crippen molar-refractivity contribution in [1.29, 1.82) is 0 Å². The molecule has 0 aliphatic carbocycles. The molecule has 2 aliphatic rings. The molecule has 1 saturated heterocycles. The number of aromatic nitrogens is 6. The number of H-pyrrole nitrogens is 1. The first-order valence-electron chi connectivity index (χ1n) is 13.0. The summed E-state index contributed by atoms with van der Waals surface area (Å²) in [6.07, 6.45) is 0. The number of β-lactam (4-membered cyclic amide) rings is 1. The van der Waals surface area contributed by atoms with Crippen LogP contribution in [0.5, 0.6) is 5.75 Å². The zero-order chi connectivity index (χ0) is 31.1. The Morgan fingerprint density at radius 1 is 1.16 bits per heavy atom. The third-order valence-corrected chi connectivity index (χ3v) is 9.49. The molecule has 6 rings (SSSR count). The zero-order valence-electron chi connectivity index (χ0n) is 22.7. The summed E-state index contributed by atoms with van der Waals surface area (Å²) in [4.78, 5) is 68.8. The van der Waals surface area contributed by atoms with Gasteiger partial charge in [-0.05, 0) is 45.8 Å². The average molecular weight is 638 g/mol. The predicted molar refractivity (Wildman–Crippen MR) is 157 cm³/mol. The van der Waals surface area contributed by atoms with Crippen LogP contribution < -0.4 is 16.3 Å². The lowest BCUT2D eigenvalue weighted by Crippen LogP contribution is -2.71. The summed E-state index contributed by atoms with van der Waals surface area (Å²) in [6, 6.07) is 8.67. The molecule has 0 radical (unpaired) electrons. The van der Waals surface area contributed by atoms with Crippen LogP contribution in [0.25, 0.3) is 11.0 Å². The summed E-state index contributed by atoms with van der Waals surface area (Å²) < 4.78 is 2.30. The van der Waals surface area contributed by atoms with Crippen LogP contribution in [0.3, 0.4) is 0 Å². The summed E-state index contributed by atoms with van der Waals surface area (Å²) in [5, 5.41) is 35.9. The molecule has 226 valence electrons. The second kappa shape index (κ2) is 11.5. The number of nitrogens with one attached hydrogen (secondary N) is 3. The van der Waals surface area contributed by atoms with Gasteiger partial charge in [-0.3, -0.25) is 14.5 Å². The highest BCUT2D eigenvalue weighted by molar-refractivity contribution is 8.01. The smallest absolute Gasteiger partial charge is 0.352 e. The van der Waals surface area contributed by atoms with Crippen molar-refractivity contribution in [3.63, 3.8) is 0 Å². The number of carbonyl (C=O) groups excluding carboxylic acids is 3. The third-order valence-electron chi connectivity index (χ3n) is 7.05. The van der Waals surface area contributed by atoms with Crippen molar-refractivity contribution in [2.45, 2.75) is 22.6 Å². The zero-order valence-corrected chi connectivity index (χ0v) is 24.3. The van der Waals surface area contributed by atoms with Crippen molar-refractivity contribution >= 4 is 58.4 Å². The number of fused-ring (bicyclic) bond motifs is 2. The number of aromatic amines is 1. The lowest BCUT2D eigenvalue weighted by atomic mass is 10.0. The van der Waals surface area contributed by atoms with Gasteiger partial charge in [0.05, 0.1) is 11.0 Å². The Balaban J connectivity index is 1.22. The number of thioether (sulfide) groups is 2. The predicted octanol–water partition coefficient (Wildman–Crippen LogP) is 0.389. The summed E-state index contributed by atoms with van der Waals surface area (Å²) >= 11 is 2.52. The molecule has 4 heterocycles.